The second-order valence-electron chi connectivity index (χ2n) is 6.94. The van der Waals surface area contributed by atoms with Crippen LogP contribution >= 0.6 is 11.6 Å². The first-order chi connectivity index (χ1) is 13.5. The van der Waals surface area contributed by atoms with E-state index in [-0.39, 0.29) is 6.04 Å². The van der Waals surface area contributed by atoms with E-state index in [0.29, 0.717) is 10.8 Å². The van der Waals surface area contributed by atoms with Gasteiger partial charge in [0, 0.05) is 44.8 Å². The Balaban J connectivity index is 1.78. The number of nitrogens with zero attached hydrogens (tertiary/aromatic N) is 2. The van der Waals surface area contributed by atoms with Crippen LogP contribution in [-0.4, -0.2) is 57.9 Å². The van der Waals surface area contributed by atoms with Crippen molar-refractivity contribution in [1.29, 1.82) is 0 Å². The van der Waals surface area contributed by atoms with Crippen LogP contribution in [-0.2, 0) is 6.42 Å². The van der Waals surface area contributed by atoms with Gasteiger partial charge in [0.15, 0.2) is 0 Å². The summed E-state index contributed by atoms with van der Waals surface area (Å²) >= 11 is 6.50. The first-order valence-electron chi connectivity index (χ1n) is 9.27. The summed E-state index contributed by atoms with van der Waals surface area (Å²) in [5.41, 5.74) is 2.10. The Hall–Kier alpha value is -2.44. The van der Waals surface area contributed by atoms with E-state index in [1.165, 1.54) is 4.90 Å². The van der Waals surface area contributed by atoms with Gasteiger partial charge in [-0.3, -0.25) is 0 Å². The predicted octanol–water partition coefficient (Wildman–Crippen LogP) is 3.43. The van der Waals surface area contributed by atoms with Crippen LogP contribution in [0.25, 0.3) is 0 Å². The van der Waals surface area contributed by atoms with E-state index in [1.54, 1.807) is 33.3 Å². The van der Waals surface area contributed by atoms with Gasteiger partial charge in [0.1, 0.15) is 11.5 Å². The van der Waals surface area contributed by atoms with Crippen molar-refractivity contribution in [2.24, 2.45) is 0 Å². The molecule has 1 unspecified atom stereocenters. The Kier molecular flexibility index (Phi) is 6.65. The van der Waals surface area contributed by atoms with Crippen LogP contribution < -0.4 is 19.7 Å². The quantitative estimate of drug-likeness (QED) is 0.828. The number of hydrogen-bond acceptors (Lipinski definition) is 5. The highest BCUT2D eigenvalue weighted by molar-refractivity contribution is 6.31. The van der Waals surface area contributed by atoms with Gasteiger partial charge in [-0.05, 0) is 36.2 Å². The van der Waals surface area contributed by atoms with Crippen LogP contribution in [0.5, 0.6) is 11.5 Å². The van der Waals surface area contributed by atoms with Gasteiger partial charge < -0.3 is 24.6 Å². The lowest BCUT2D eigenvalue weighted by Crippen LogP contribution is -2.52. The minimum Gasteiger partial charge on any atom is -0.495 e. The van der Waals surface area contributed by atoms with Crippen molar-refractivity contribution in [3.63, 3.8) is 0 Å². The molecule has 7 heteroatoms. The fourth-order valence-electron chi connectivity index (χ4n) is 3.33. The zero-order valence-corrected chi connectivity index (χ0v) is 17.2. The minimum atomic E-state index is -0.428. The predicted molar refractivity (Wildman–Crippen MR) is 112 cm³/mol. The van der Waals surface area contributed by atoms with Gasteiger partial charge in [-0.15, -0.1) is 0 Å². The number of methoxy groups -OCH3 is 1. The minimum absolute atomic E-state index is 0.234. The molecular formula is C21H26ClN3O3. The van der Waals surface area contributed by atoms with Gasteiger partial charge in [-0.25, -0.2) is 4.79 Å². The number of anilines is 1. The monoisotopic (exact) mass is 403 g/mol. The van der Waals surface area contributed by atoms with E-state index in [4.69, 9.17) is 21.1 Å². The topological polar surface area (TPSA) is 54.0 Å². The molecule has 0 aromatic heterocycles. The number of nitrogens with one attached hydrogen (secondary N) is 1. The number of carbonyl (C=O) groups is 1. The molecule has 1 amide bonds. The molecule has 6 nitrogen and oxygen atoms in total. The average Bonchev–Trinajstić information content (AvgIpc) is 2.70. The van der Waals surface area contributed by atoms with Crippen molar-refractivity contribution in [3.05, 3.63) is 53.1 Å². The summed E-state index contributed by atoms with van der Waals surface area (Å²) in [6, 6.07) is 13.7. The number of hydrogen-bond donors (Lipinski definition) is 1. The van der Waals surface area contributed by atoms with Crippen LogP contribution in [0.1, 0.15) is 5.56 Å². The molecule has 2 aromatic rings. The third kappa shape index (κ3) is 4.69. The summed E-state index contributed by atoms with van der Waals surface area (Å²) in [6.07, 6.45) is 0.342. The Morgan fingerprint density at radius 2 is 2.07 bits per heavy atom. The van der Waals surface area contributed by atoms with Crippen molar-refractivity contribution >= 4 is 23.4 Å². The van der Waals surface area contributed by atoms with E-state index in [1.807, 2.05) is 24.3 Å². The van der Waals surface area contributed by atoms with E-state index in [2.05, 4.69) is 16.3 Å². The number of ether oxygens (including phenoxy) is 2. The van der Waals surface area contributed by atoms with Crippen LogP contribution in [0.2, 0.25) is 5.02 Å². The zero-order valence-electron chi connectivity index (χ0n) is 16.4. The molecule has 1 N–H and O–H groups in total. The third-order valence-electron chi connectivity index (χ3n) is 4.80. The fraction of sp³-hybridized carbons (Fsp3) is 0.381. The highest BCUT2D eigenvalue weighted by atomic mass is 35.5. The number of carbonyl (C=O) groups excluding carboxylic acids is 1. The second kappa shape index (κ2) is 9.17. The highest BCUT2D eigenvalue weighted by Gasteiger charge is 2.25. The van der Waals surface area contributed by atoms with Gasteiger partial charge in [-0.2, -0.15) is 0 Å². The Bertz CT molecular complexity index is 828. The van der Waals surface area contributed by atoms with E-state index in [0.717, 1.165) is 43.1 Å². The molecule has 3 rings (SSSR count). The number of rotatable bonds is 5. The number of piperazine rings is 1. The third-order valence-corrected chi connectivity index (χ3v) is 5.15. The van der Waals surface area contributed by atoms with Crippen molar-refractivity contribution in [1.82, 2.24) is 10.2 Å². The van der Waals surface area contributed by atoms with Crippen LogP contribution in [0.4, 0.5) is 10.5 Å². The maximum atomic E-state index is 11.7. The van der Waals surface area contributed by atoms with Crippen molar-refractivity contribution in [2.45, 2.75) is 12.5 Å². The summed E-state index contributed by atoms with van der Waals surface area (Å²) in [7, 11) is 4.97. The van der Waals surface area contributed by atoms with Gasteiger partial charge in [0.05, 0.1) is 12.8 Å². The van der Waals surface area contributed by atoms with Gasteiger partial charge >= 0.3 is 6.09 Å². The lowest BCUT2D eigenvalue weighted by Gasteiger charge is -2.39. The van der Waals surface area contributed by atoms with Crippen LogP contribution in [0, 0.1) is 0 Å². The summed E-state index contributed by atoms with van der Waals surface area (Å²) in [5, 5.41) is 4.05. The smallest absolute Gasteiger partial charge is 0.414 e. The second-order valence-corrected chi connectivity index (χ2v) is 7.35. The average molecular weight is 404 g/mol. The van der Waals surface area contributed by atoms with Crippen LogP contribution in [0.15, 0.2) is 42.5 Å². The normalized spacial score (nSPS) is 16.6. The maximum absolute atomic E-state index is 11.7. The Morgan fingerprint density at radius 1 is 1.29 bits per heavy atom. The molecule has 0 radical (unpaired) electrons. The first-order valence-corrected chi connectivity index (χ1v) is 9.65. The molecule has 1 aliphatic heterocycles. The molecule has 1 fully saturated rings. The Labute approximate surface area is 171 Å². The van der Waals surface area contributed by atoms with Crippen molar-refractivity contribution < 1.29 is 14.3 Å². The maximum Gasteiger partial charge on any atom is 0.414 e. The van der Waals surface area contributed by atoms with Gasteiger partial charge in [-0.1, -0.05) is 29.8 Å². The number of benzene rings is 2. The summed E-state index contributed by atoms with van der Waals surface area (Å²) in [4.78, 5) is 15.5. The SMILES string of the molecule is COc1ccccc1N1CCNCC1Cc1ccc(OC(=O)N(C)C)cc1Cl. The molecule has 1 saturated heterocycles. The molecule has 28 heavy (non-hydrogen) atoms. The summed E-state index contributed by atoms with van der Waals surface area (Å²) < 4.78 is 10.8. The molecule has 0 saturated carbocycles. The number of halogens is 1. The molecule has 1 heterocycles. The molecular weight excluding hydrogens is 378 g/mol. The van der Waals surface area contributed by atoms with Gasteiger partial charge in [0.25, 0.3) is 0 Å². The van der Waals surface area contributed by atoms with Crippen LogP contribution in [0.3, 0.4) is 0 Å². The highest BCUT2D eigenvalue weighted by Crippen LogP contribution is 2.32. The lowest BCUT2D eigenvalue weighted by atomic mass is 10.0. The van der Waals surface area contributed by atoms with Gasteiger partial charge in [0.2, 0.25) is 0 Å². The van der Waals surface area contributed by atoms with Crippen molar-refractivity contribution in [3.8, 4) is 11.5 Å². The molecule has 1 aliphatic rings. The van der Waals surface area contributed by atoms with E-state index in [9.17, 15) is 4.79 Å². The summed E-state index contributed by atoms with van der Waals surface area (Å²) in [6.45, 7) is 2.66. The molecule has 1 atom stereocenters. The molecule has 0 bridgehead atoms. The summed E-state index contributed by atoms with van der Waals surface area (Å²) in [5.74, 6) is 1.31. The Morgan fingerprint density at radius 3 is 2.79 bits per heavy atom. The largest absolute Gasteiger partial charge is 0.495 e. The standard InChI is InChI=1S/C21H26ClN3O3/c1-24(2)21(26)28-17-9-8-15(18(22)13-17)12-16-14-23-10-11-25(16)19-6-4-5-7-20(19)27-3/h4-9,13,16,23H,10-12,14H2,1-3H3. The molecule has 0 aliphatic carbocycles. The lowest BCUT2D eigenvalue weighted by molar-refractivity contribution is 0.172. The molecule has 2 aromatic carbocycles. The van der Waals surface area contributed by atoms with E-state index < -0.39 is 6.09 Å². The number of para-hydroxylation sites is 2. The fourth-order valence-corrected chi connectivity index (χ4v) is 3.58. The van der Waals surface area contributed by atoms with Crippen molar-refractivity contribution in [2.75, 3.05) is 45.7 Å². The number of amides is 1. The zero-order chi connectivity index (χ0) is 20.1. The molecule has 150 valence electrons. The molecule has 0 spiro atoms. The van der Waals surface area contributed by atoms with E-state index >= 15 is 0 Å². The first kappa shape index (κ1) is 20.3.